The van der Waals surface area contributed by atoms with E-state index in [1.807, 2.05) is 24.3 Å². The minimum atomic E-state index is -3.95. The van der Waals surface area contributed by atoms with Crippen LogP contribution >= 0.6 is 15.9 Å². The molecule has 0 atom stereocenters. The Morgan fingerprint density at radius 2 is 1.70 bits per heavy atom. The Hall–Kier alpha value is -2.56. The lowest BCUT2D eigenvalue weighted by atomic mass is 10.1. The second-order valence-electron chi connectivity index (χ2n) is 6.80. The van der Waals surface area contributed by atoms with Gasteiger partial charge in [-0.25, -0.2) is 12.8 Å². The average molecular weight is 493 g/mol. The zero-order valence-corrected chi connectivity index (χ0v) is 18.2. The lowest BCUT2D eigenvalue weighted by molar-refractivity contribution is 0.0691. The van der Waals surface area contributed by atoms with E-state index in [2.05, 4.69) is 26.1 Å². The lowest BCUT2D eigenvalue weighted by Gasteiger charge is -2.33. The third-order valence-corrected chi connectivity index (χ3v) is 7.39. The number of hydrogen-bond donors (Lipinski definition) is 1. The van der Waals surface area contributed by atoms with Crippen LogP contribution in [0.3, 0.4) is 0 Å². The van der Waals surface area contributed by atoms with Crippen LogP contribution in [0.1, 0.15) is 10.5 Å². The summed E-state index contributed by atoms with van der Waals surface area (Å²) in [5.74, 6) is -1.04. The molecule has 0 spiro atoms. The van der Waals surface area contributed by atoms with Gasteiger partial charge in [0.05, 0.1) is 5.69 Å². The van der Waals surface area contributed by atoms with Crippen molar-refractivity contribution in [2.24, 2.45) is 0 Å². The minimum Gasteiger partial charge on any atom is -0.335 e. The number of amides is 1. The van der Waals surface area contributed by atoms with E-state index in [1.54, 1.807) is 11.0 Å². The Bertz CT molecular complexity index is 1170. The topological polar surface area (TPSA) is 86.4 Å². The molecule has 30 heavy (non-hydrogen) atoms. The van der Waals surface area contributed by atoms with Crippen LogP contribution in [-0.2, 0) is 10.0 Å². The molecule has 3 aromatic rings. The first-order chi connectivity index (χ1) is 14.4. The third kappa shape index (κ3) is 4.03. The number of aromatic amines is 1. The molecule has 7 nitrogen and oxygen atoms in total. The summed E-state index contributed by atoms with van der Waals surface area (Å²) < 4.78 is 41.5. The van der Waals surface area contributed by atoms with Gasteiger partial charge in [-0.1, -0.05) is 40.2 Å². The number of aromatic nitrogens is 2. The molecule has 1 fully saturated rings. The number of carbonyl (C=O) groups excluding carboxylic acids is 1. The van der Waals surface area contributed by atoms with Crippen molar-refractivity contribution in [2.75, 3.05) is 26.2 Å². The maximum absolute atomic E-state index is 13.9. The Kier molecular flexibility index (Phi) is 5.72. The number of nitrogens with one attached hydrogen (secondary N) is 1. The van der Waals surface area contributed by atoms with Gasteiger partial charge in [-0.2, -0.15) is 9.40 Å². The summed E-state index contributed by atoms with van der Waals surface area (Å²) in [7, 11) is -3.95. The Morgan fingerprint density at radius 1 is 1.03 bits per heavy atom. The van der Waals surface area contributed by atoms with E-state index in [-0.39, 0.29) is 37.0 Å². The highest BCUT2D eigenvalue weighted by Gasteiger charge is 2.32. The number of carbonyl (C=O) groups is 1. The molecule has 0 aliphatic carbocycles. The first kappa shape index (κ1) is 20.7. The van der Waals surface area contributed by atoms with Crippen LogP contribution in [0.5, 0.6) is 0 Å². The standard InChI is InChI=1S/C20H18BrFN4O3S/c21-15-7-5-14(6-8-15)17-13-18(24-23-17)20(27)25-9-11-26(12-10-25)30(28,29)19-4-2-1-3-16(19)22/h1-8,13H,9-12H2,(H,23,24). The van der Waals surface area contributed by atoms with E-state index >= 15 is 0 Å². The van der Waals surface area contributed by atoms with E-state index in [9.17, 15) is 17.6 Å². The van der Waals surface area contributed by atoms with Crippen LogP contribution in [0.4, 0.5) is 4.39 Å². The molecule has 1 amide bonds. The largest absolute Gasteiger partial charge is 0.335 e. The number of piperazine rings is 1. The van der Waals surface area contributed by atoms with Crippen molar-refractivity contribution in [1.82, 2.24) is 19.4 Å². The molecule has 0 unspecified atom stereocenters. The molecule has 1 N–H and O–H groups in total. The highest BCUT2D eigenvalue weighted by molar-refractivity contribution is 9.10. The molecule has 2 aromatic carbocycles. The van der Waals surface area contributed by atoms with Gasteiger partial charge in [-0.15, -0.1) is 0 Å². The van der Waals surface area contributed by atoms with Crippen LogP contribution in [0.15, 0.2) is 64.0 Å². The van der Waals surface area contributed by atoms with Crippen LogP contribution in [0.2, 0.25) is 0 Å². The fourth-order valence-corrected chi connectivity index (χ4v) is 5.05. The minimum absolute atomic E-state index is 0.0934. The molecule has 1 aliphatic heterocycles. The molecule has 156 valence electrons. The Balaban J connectivity index is 1.44. The summed E-state index contributed by atoms with van der Waals surface area (Å²) in [5, 5.41) is 6.96. The van der Waals surface area contributed by atoms with Crippen molar-refractivity contribution in [1.29, 1.82) is 0 Å². The van der Waals surface area contributed by atoms with Gasteiger partial charge < -0.3 is 4.90 Å². The van der Waals surface area contributed by atoms with Crippen molar-refractivity contribution in [2.45, 2.75) is 4.90 Å². The number of H-pyrrole nitrogens is 1. The SMILES string of the molecule is O=C(c1cc(-c2ccc(Br)cc2)n[nH]1)N1CCN(S(=O)(=O)c2ccccc2F)CC1. The summed E-state index contributed by atoms with van der Waals surface area (Å²) in [5.41, 5.74) is 1.85. The summed E-state index contributed by atoms with van der Waals surface area (Å²) in [4.78, 5) is 14.0. The molecule has 0 radical (unpaired) electrons. The van der Waals surface area contributed by atoms with E-state index < -0.39 is 15.8 Å². The Labute approximate surface area is 181 Å². The van der Waals surface area contributed by atoms with Crippen molar-refractivity contribution in [3.63, 3.8) is 0 Å². The van der Waals surface area contributed by atoms with Gasteiger partial charge in [-0.3, -0.25) is 9.89 Å². The molecule has 1 aromatic heterocycles. The second-order valence-corrected chi connectivity index (χ2v) is 9.62. The molecular weight excluding hydrogens is 475 g/mol. The number of halogens is 2. The van der Waals surface area contributed by atoms with Gasteiger partial charge >= 0.3 is 0 Å². The number of hydrogen-bond acceptors (Lipinski definition) is 4. The van der Waals surface area contributed by atoms with Crippen molar-refractivity contribution >= 4 is 31.9 Å². The van der Waals surface area contributed by atoms with Crippen LogP contribution < -0.4 is 0 Å². The van der Waals surface area contributed by atoms with Gasteiger partial charge in [0.2, 0.25) is 10.0 Å². The number of benzene rings is 2. The lowest BCUT2D eigenvalue weighted by Crippen LogP contribution is -2.50. The summed E-state index contributed by atoms with van der Waals surface area (Å²) >= 11 is 3.38. The smallest absolute Gasteiger partial charge is 0.271 e. The zero-order valence-electron chi connectivity index (χ0n) is 15.8. The van der Waals surface area contributed by atoms with Gasteiger partial charge in [0.25, 0.3) is 5.91 Å². The number of rotatable bonds is 4. The van der Waals surface area contributed by atoms with Crippen LogP contribution in [0, 0.1) is 5.82 Å². The molecule has 10 heteroatoms. The van der Waals surface area contributed by atoms with Crippen LogP contribution in [-0.4, -0.2) is 59.9 Å². The molecular formula is C20H18BrFN4O3S. The van der Waals surface area contributed by atoms with Crippen LogP contribution in [0.25, 0.3) is 11.3 Å². The van der Waals surface area contributed by atoms with Crippen molar-refractivity contribution in [3.05, 3.63) is 70.6 Å². The molecule has 4 rings (SSSR count). The Morgan fingerprint density at radius 3 is 2.37 bits per heavy atom. The fraction of sp³-hybridized carbons (Fsp3) is 0.200. The first-order valence-electron chi connectivity index (χ1n) is 9.21. The maximum Gasteiger partial charge on any atom is 0.271 e. The van der Waals surface area contributed by atoms with Crippen molar-refractivity contribution < 1.29 is 17.6 Å². The quantitative estimate of drug-likeness (QED) is 0.606. The van der Waals surface area contributed by atoms with E-state index in [1.165, 1.54) is 22.5 Å². The summed E-state index contributed by atoms with van der Waals surface area (Å²) in [6, 6.07) is 14.5. The fourth-order valence-electron chi connectivity index (χ4n) is 3.29. The average Bonchev–Trinajstić information content (AvgIpc) is 3.24. The maximum atomic E-state index is 13.9. The predicted octanol–water partition coefficient (Wildman–Crippen LogP) is 3.13. The van der Waals surface area contributed by atoms with E-state index in [0.717, 1.165) is 16.1 Å². The predicted molar refractivity (Wildman–Crippen MR) is 113 cm³/mol. The second kappa shape index (κ2) is 8.29. The zero-order chi connectivity index (χ0) is 21.3. The molecule has 0 saturated carbocycles. The van der Waals surface area contributed by atoms with Gasteiger partial charge in [0.1, 0.15) is 16.4 Å². The summed E-state index contributed by atoms with van der Waals surface area (Å²) in [6.45, 7) is 0.602. The third-order valence-electron chi connectivity index (χ3n) is 4.93. The first-order valence-corrected chi connectivity index (χ1v) is 11.4. The molecule has 2 heterocycles. The van der Waals surface area contributed by atoms with Gasteiger partial charge in [0.15, 0.2) is 0 Å². The monoisotopic (exact) mass is 492 g/mol. The van der Waals surface area contributed by atoms with E-state index in [0.29, 0.717) is 11.4 Å². The molecule has 0 bridgehead atoms. The van der Waals surface area contributed by atoms with Gasteiger partial charge in [-0.05, 0) is 30.3 Å². The van der Waals surface area contributed by atoms with E-state index in [4.69, 9.17) is 0 Å². The number of nitrogens with zero attached hydrogens (tertiary/aromatic N) is 3. The van der Waals surface area contributed by atoms with Crippen molar-refractivity contribution in [3.8, 4) is 11.3 Å². The molecule has 1 aliphatic rings. The normalized spacial score (nSPS) is 15.3. The highest BCUT2D eigenvalue weighted by Crippen LogP contribution is 2.23. The highest BCUT2D eigenvalue weighted by atomic mass is 79.9. The summed E-state index contributed by atoms with van der Waals surface area (Å²) in [6.07, 6.45) is 0. The van der Waals surface area contributed by atoms with Gasteiger partial charge in [0, 0.05) is 36.2 Å². The number of sulfonamides is 1. The molecule has 1 saturated heterocycles.